The van der Waals surface area contributed by atoms with Crippen LogP contribution in [0.25, 0.3) is 6.08 Å². The quantitative estimate of drug-likeness (QED) is 0.378. The maximum atomic E-state index is 12.3. The van der Waals surface area contributed by atoms with Gasteiger partial charge in [0.2, 0.25) is 5.91 Å². The summed E-state index contributed by atoms with van der Waals surface area (Å²) in [6.45, 7) is 1.35. The molecule has 0 bridgehead atoms. The highest BCUT2D eigenvalue weighted by Crippen LogP contribution is 2.17. The molecule has 6 nitrogen and oxygen atoms in total. The second kappa shape index (κ2) is 9.02. The molecule has 1 aromatic carbocycles. The molecule has 128 valence electrons. The molecule has 24 heavy (non-hydrogen) atoms. The van der Waals surface area contributed by atoms with Crippen molar-refractivity contribution in [3.8, 4) is 0 Å². The van der Waals surface area contributed by atoms with Gasteiger partial charge in [-0.2, -0.15) is 0 Å². The first kappa shape index (κ1) is 17.9. The fourth-order valence-corrected chi connectivity index (χ4v) is 2.75. The Labute approximate surface area is 147 Å². The van der Waals surface area contributed by atoms with Gasteiger partial charge in [-0.15, -0.1) is 0 Å². The van der Waals surface area contributed by atoms with Crippen LogP contribution in [0.3, 0.4) is 0 Å². The van der Waals surface area contributed by atoms with E-state index in [1.54, 1.807) is 6.08 Å². The molecule has 1 fully saturated rings. The van der Waals surface area contributed by atoms with Gasteiger partial charge in [0.25, 0.3) is 5.91 Å². The van der Waals surface area contributed by atoms with Crippen LogP contribution < -0.4 is 21.5 Å². The van der Waals surface area contributed by atoms with Crippen LogP contribution in [0, 0.1) is 0 Å². The molecule has 4 N–H and O–H groups in total. The maximum Gasteiger partial charge on any atom is 0.286 e. The average Bonchev–Trinajstić information content (AvgIpc) is 3.05. The van der Waals surface area contributed by atoms with Gasteiger partial charge in [-0.05, 0) is 36.7 Å². The summed E-state index contributed by atoms with van der Waals surface area (Å²) in [5, 5.41) is 6.07. The Morgan fingerprint density at radius 2 is 1.79 bits per heavy atom. The van der Waals surface area contributed by atoms with Crippen molar-refractivity contribution in [3.63, 3.8) is 0 Å². The molecule has 0 spiro atoms. The third-order valence-corrected chi connectivity index (χ3v) is 3.87. The minimum absolute atomic E-state index is 0.143. The molecule has 0 unspecified atom stereocenters. The van der Waals surface area contributed by atoms with E-state index in [-0.39, 0.29) is 11.6 Å². The molecule has 0 heterocycles. The number of nitrogens with one attached hydrogen (secondary N) is 4. The van der Waals surface area contributed by atoms with Gasteiger partial charge in [-0.3, -0.25) is 20.4 Å². The van der Waals surface area contributed by atoms with Crippen LogP contribution in [0.1, 0.15) is 38.2 Å². The Morgan fingerprint density at radius 1 is 1.12 bits per heavy atom. The van der Waals surface area contributed by atoms with Crippen LogP contribution in [0.2, 0.25) is 0 Å². The summed E-state index contributed by atoms with van der Waals surface area (Å²) in [4.78, 5) is 23.6. The third-order valence-electron chi connectivity index (χ3n) is 3.65. The van der Waals surface area contributed by atoms with E-state index in [1.807, 2.05) is 30.3 Å². The predicted octanol–water partition coefficient (Wildman–Crippen LogP) is 1.60. The molecule has 7 heteroatoms. The Bertz CT molecular complexity index is 625. The number of hydrogen-bond donors (Lipinski definition) is 4. The van der Waals surface area contributed by atoms with Crippen molar-refractivity contribution >= 4 is 35.2 Å². The van der Waals surface area contributed by atoms with Gasteiger partial charge in [0.1, 0.15) is 5.70 Å². The standard InChI is InChI=1S/C17H22N4O2S/c1-12(22)18-15(11-13-7-3-2-4-8-13)16(23)20-21-17(24)19-14-9-5-6-10-14/h2-4,7-8,11,14H,5-6,9-10H2,1H3,(H,18,22)(H,20,23)(H2,19,21,24)/b15-11-. The van der Waals surface area contributed by atoms with Crippen molar-refractivity contribution in [2.24, 2.45) is 0 Å². The molecule has 1 aromatic rings. The van der Waals surface area contributed by atoms with Crippen LogP contribution in [0.5, 0.6) is 0 Å². The monoisotopic (exact) mass is 346 g/mol. The largest absolute Gasteiger partial charge is 0.359 e. The highest BCUT2D eigenvalue weighted by molar-refractivity contribution is 7.80. The van der Waals surface area contributed by atoms with Gasteiger partial charge in [-0.25, -0.2) is 0 Å². The van der Waals surface area contributed by atoms with E-state index in [4.69, 9.17) is 12.2 Å². The summed E-state index contributed by atoms with van der Waals surface area (Å²) < 4.78 is 0. The van der Waals surface area contributed by atoms with Crippen molar-refractivity contribution in [2.45, 2.75) is 38.6 Å². The molecule has 1 aliphatic carbocycles. The van der Waals surface area contributed by atoms with E-state index in [9.17, 15) is 9.59 Å². The lowest BCUT2D eigenvalue weighted by molar-refractivity contribution is -0.122. The van der Waals surface area contributed by atoms with Crippen molar-refractivity contribution < 1.29 is 9.59 Å². The summed E-state index contributed by atoms with van der Waals surface area (Å²) in [5.41, 5.74) is 6.14. The van der Waals surface area contributed by atoms with Crippen LogP contribution in [-0.2, 0) is 9.59 Å². The number of hydrogen-bond acceptors (Lipinski definition) is 3. The minimum atomic E-state index is -0.468. The van der Waals surface area contributed by atoms with Gasteiger partial charge in [0, 0.05) is 13.0 Å². The number of carbonyl (C=O) groups excluding carboxylic acids is 2. The number of amides is 2. The SMILES string of the molecule is CC(=O)N/C(=C\c1ccccc1)C(=O)NNC(=S)NC1CCCC1. The minimum Gasteiger partial charge on any atom is -0.359 e. The van der Waals surface area contributed by atoms with Crippen LogP contribution in [-0.4, -0.2) is 23.0 Å². The highest BCUT2D eigenvalue weighted by atomic mass is 32.1. The predicted molar refractivity (Wildman–Crippen MR) is 97.5 cm³/mol. The molecule has 1 saturated carbocycles. The molecule has 0 saturated heterocycles. The molecule has 2 rings (SSSR count). The molecule has 0 aromatic heterocycles. The Kier molecular flexibility index (Phi) is 6.74. The Hall–Kier alpha value is -2.41. The van der Waals surface area contributed by atoms with E-state index >= 15 is 0 Å². The first-order chi connectivity index (χ1) is 11.5. The number of rotatable bonds is 4. The first-order valence-electron chi connectivity index (χ1n) is 7.96. The van der Waals surface area contributed by atoms with Gasteiger partial charge >= 0.3 is 0 Å². The summed E-state index contributed by atoms with van der Waals surface area (Å²) in [6.07, 6.45) is 6.16. The molecular formula is C17H22N4O2S. The lowest BCUT2D eigenvalue weighted by Gasteiger charge is -2.17. The first-order valence-corrected chi connectivity index (χ1v) is 8.36. The molecule has 0 aliphatic heterocycles. The number of thiocarbonyl (C=S) groups is 1. The van der Waals surface area contributed by atoms with Gasteiger partial charge in [-0.1, -0.05) is 43.2 Å². The fraction of sp³-hybridized carbons (Fsp3) is 0.353. The fourth-order valence-electron chi connectivity index (χ4n) is 2.54. The summed E-state index contributed by atoms with van der Waals surface area (Å²) in [5.74, 6) is -0.788. The van der Waals surface area contributed by atoms with Gasteiger partial charge < -0.3 is 10.6 Å². The van der Waals surface area contributed by atoms with Crippen LogP contribution >= 0.6 is 12.2 Å². The molecule has 0 radical (unpaired) electrons. The van der Waals surface area contributed by atoms with E-state index in [0.717, 1.165) is 18.4 Å². The molecule has 0 atom stereocenters. The second-order valence-corrected chi connectivity index (χ2v) is 6.09. The Morgan fingerprint density at radius 3 is 2.42 bits per heavy atom. The summed E-state index contributed by atoms with van der Waals surface area (Å²) in [6, 6.07) is 9.63. The van der Waals surface area contributed by atoms with E-state index < -0.39 is 5.91 Å². The summed E-state index contributed by atoms with van der Waals surface area (Å²) in [7, 11) is 0. The lowest BCUT2D eigenvalue weighted by atomic mass is 10.2. The zero-order valence-electron chi connectivity index (χ0n) is 13.6. The van der Waals surface area contributed by atoms with Crippen molar-refractivity contribution in [3.05, 3.63) is 41.6 Å². The topological polar surface area (TPSA) is 82.3 Å². The van der Waals surface area contributed by atoms with E-state index in [0.29, 0.717) is 11.2 Å². The lowest BCUT2D eigenvalue weighted by Crippen LogP contribution is -2.50. The smallest absolute Gasteiger partial charge is 0.286 e. The zero-order chi connectivity index (χ0) is 17.4. The second-order valence-electron chi connectivity index (χ2n) is 5.68. The van der Waals surface area contributed by atoms with E-state index in [1.165, 1.54) is 19.8 Å². The normalized spacial score (nSPS) is 14.8. The van der Waals surface area contributed by atoms with Crippen LogP contribution in [0.15, 0.2) is 36.0 Å². The summed E-state index contributed by atoms with van der Waals surface area (Å²) >= 11 is 5.17. The molecule has 2 amide bonds. The van der Waals surface area contributed by atoms with Crippen molar-refractivity contribution in [1.82, 2.24) is 21.5 Å². The van der Waals surface area contributed by atoms with Gasteiger partial charge in [0.05, 0.1) is 0 Å². The molecular weight excluding hydrogens is 324 g/mol. The van der Waals surface area contributed by atoms with Crippen molar-refractivity contribution in [2.75, 3.05) is 0 Å². The van der Waals surface area contributed by atoms with Gasteiger partial charge in [0.15, 0.2) is 5.11 Å². The number of hydrazine groups is 1. The highest BCUT2D eigenvalue weighted by Gasteiger charge is 2.16. The van der Waals surface area contributed by atoms with Crippen molar-refractivity contribution in [1.29, 1.82) is 0 Å². The zero-order valence-corrected chi connectivity index (χ0v) is 14.4. The Balaban J connectivity index is 1.93. The number of carbonyl (C=O) groups is 2. The van der Waals surface area contributed by atoms with E-state index in [2.05, 4.69) is 21.5 Å². The van der Waals surface area contributed by atoms with Crippen LogP contribution in [0.4, 0.5) is 0 Å². The molecule has 1 aliphatic rings. The maximum absolute atomic E-state index is 12.3. The number of benzene rings is 1. The average molecular weight is 346 g/mol. The third kappa shape index (κ3) is 6.00.